The van der Waals surface area contributed by atoms with Crippen LogP contribution in [0.4, 0.5) is 0 Å². The van der Waals surface area contributed by atoms with Gasteiger partial charge in [0.15, 0.2) is 0 Å². The molecule has 0 amide bonds. The van der Waals surface area contributed by atoms with Crippen molar-refractivity contribution in [3.8, 4) is 11.3 Å². The number of thioether (sulfide) groups is 1. The first kappa shape index (κ1) is 17.5. The van der Waals surface area contributed by atoms with E-state index in [0.29, 0.717) is 12.2 Å². The normalized spacial score (nSPS) is 11.0. The number of H-pyrrole nitrogens is 2. The maximum atomic E-state index is 12.3. The molecule has 5 nitrogen and oxygen atoms in total. The van der Waals surface area contributed by atoms with E-state index in [1.807, 2.05) is 37.4 Å². The maximum absolute atomic E-state index is 12.3. The summed E-state index contributed by atoms with van der Waals surface area (Å²) >= 11 is 1.51. The number of hydrogen-bond acceptors (Lipinski definition) is 4. The van der Waals surface area contributed by atoms with Crippen LogP contribution in [-0.4, -0.2) is 31.7 Å². The van der Waals surface area contributed by atoms with Gasteiger partial charge in [-0.3, -0.25) is 14.9 Å². The van der Waals surface area contributed by atoms with Crippen molar-refractivity contribution < 1.29 is 4.79 Å². The van der Waals surface area contributed by atoms with Crippen molar-refractivity contribution in [2.75, 3.05) is 5.75 Å². The molecule has 0 unspecified atom stereocenters. The molecule has 0 saturated carbocycles. The average molecular weight is 354 g/mol. The summed E-state index contributed by atoms with van der Waals surface area (Å²) in [6.07, 6.45) is 5.98. The van der Waals surface area contributed by atoms with E-state index < -0.39 is 0 Å². The van der Waals surface area contributed by atoms with Gasteiger partial charge in [0, 0.05) is 41.3 Å². The van der Waals surface area contributed by atoms with Gasteiger partial charge in [-0.25, -0.2) is 0 Å². The first-order valence-electron chi connectivity index (χ1n) is 8.44. The minimum atomic E-state index is 0.195. The van der Waals surface area contributed by atoms with Gasteiger partial charge < -0.3 is 4.98 Å². The molecule has 3 aromatic rings. The number of pyridine rings is 1. The van der Waals surface area contributed by atoms with Gasteiger partial charge in [-0.15, -0.1) is 0 Å². The van der Waals surface area contributed by atoms with Crippen LogP contribution in [0.2, 0.25) is 0 Å². The van der Waals surface area contributed by atoms with Gasteiger partial charge in [0.05, 0.1) is 11.4 Å². The molecule has 3 rings (SSSR count). The molecule has 0 aliphatic heterocycles. The van der Waals surface area contributed by atoms with Crippen molar-refractivity contribution in [1.82, 2.24) is 20.2 Å². The lowest BCUT2D eigenvalue weighted by atomic mass is 10.1. The van der Waals surface area contributed by atoms with Crippen LogP contribution in [0, 0.1) is 6.92 Å². The van der Waals surface area contributed by atoms with Gasteiger partial charge in [0.1, 0.15) is 10.8 Å². The molecule has 130 valence electrons. The molecule has 3 aromatic heterocycles. The average Bonchev–Trinajstić information content (AvgIpc) is 3.20. The standard InChI is InChI=1S/C19H22N4OS/c1-3-5-17-18(14-6-4-9-20-11-14)22-23-19(17)25-12-16(24)10-15-8-7-13(2)21-15/h4,6-9,11,21H,3,5,10,12H2,1-2H3,(H,22,23). The largest absolute Gasteiger partial charge is 0.362 e. The minimum absolute atomic E-state index is 0.195. The number of aryl methyl sites for hydroxylation is 1. The molecule has 0 atom stereocenters. The van der Waals surface area contributed by atoms with Crippen molar-refractivity contribution in [3.63, 3.8) is 0 Å². The number of ketones is 1. The second kappa shape index (κ2) is 8.16. The molecular formula is C19H22N4OS. The third-order valence-electron chi connectivity index (χ3n) is 3.93. The van der Waals surface area contributed by atoms with E-state index in [4.69, 9.17) is 0 Å². The first-order valence-corrected chi connectivity index (χ1v) is 9.42. The summed E-state index contributed by atoms with van der Waals surface area (Å²) in [4.78, 5) is 19.6. The summed E-state index contributed by atoms with van der Waals surface area (Å²) in [7, 11) is 0. The molecular weight excluding hydrogens is 332 g/mol. The number of aromatic amines is 2. The highest BCUT2D eigenvalue weighted by molar-refractivity contribution is 8.00. The zero-order chi connectivity index (χ0) is 17.6. The molecule has 0 radical (unpaired) electrons. The van der Waals surface area contributed by atoms with E-state index in [2.05, 4.69) is 27.1 Å². The number of hydrogen-bond donors (Lipinski definition) is 2. The molecule has 3 heterocycles. The molecule has 0 fully saturated rings. The smallest absolute Gasteiger partial charge is 0.149 e. The molecule has 0 spiro atoms. The van der Waals surface area contributed by atoms with Crippen LogP contribution in [0.25, 0.3) is 11.3 Å². The van der Waals surface area contributed by atoms with E-state index in [-0.39, 0.29) is 5.78 Å². The fourth-order valence-corrected chi connectivity index (χ4v) is 3.67. The minimum Gasteiger partial charge on any atom is -0.362 e. The fraction of sp³-hybridized carbons (Fsp3) is 0.316. The second-order valence-electron chi connectivity index (χ2n) is 6.04. The molecule has 0 aliphatic carbocycles. The van der Waals surface area contributed by atoms with Crippen LogP contribution in [-0.2, 0) is 17.6 Å². The van der Waals surface area contributed by atoms with E-state index in [1.165, 1.54) is 17.3 Å². The molecule has 0 saturated heterocycles. The zero-order valence-electron chi connectivity index (χ0n) is 14.5. The summed E-state index contributed by atoms with van der Waals surface area (Å²) in [6, 6.07) is 7.89. The van der Waals surface area contributed by atoms with Gasteiger partial charge in [-0.2, -0.15) is 5.10 Å². The number of carbonyl (C=O) groups is 1. The van der Waals surface area contributed by atoms with Crippen LogP contribution in [0.3, 0.4) is 0 Å². The van der Waals surface area contributed by atoms with Crippen molar-refractivity contribution >= 4 is 17.5 Å². The SMILES string of the molecule is CCCc1c(SCC(=O)Cc2ccc(C)[nH]2)n[nH]c1-c1cccnc1. The Morgan fingerprint density at radius 1 is 1.28 bits per heavy atom. The third kappa shape index (κ3) is 4.39. The van der Waals surface area contributed by atoms with Crippen molar-refractivity contribution in [1.29, 1.82) is 0 Å². The number of aromatic nitrogens is 4. The molecule has 0 aromatic carbocycles. The highest BCUT2D eigenvalue weighted by atomic mass is 32.2. The highest BCUT2D eigenvalue weighted by Gasteiger charge is 2.16. The lowest BCUT2D eigenvalue weighted by Gasteiger charge is -2.04. The topological polar surface area (TPSA) is 74.4 Å². The van der Waals surface area contributed by atoms with E-state index in [1.54, 1.807) is 6.20 Å². The Balaban J connectivity index is 1.69. The Kier molecular flexibility index (Phi) is 5.71. The van der Waals surface area contributed by atoms with Crippen LogP contribution in [0.1, 0.15) is 30.3 Å². The van der Waals surface area contributed by atoms with Crippen molar-refractivity contribution in [2.24, 2.45) is 0 Å². The first-order chi connectivity index (χ1) is 12.2. The summed E-state index contributed by atoms with van der Waals surface area (Å²) in [5, 5.41) is 8.48. The Morgan fingerprint density at radius 2 is 2.16 bits per heavy atom. The van der Waals surface area contributed by atoms with Gasteiger partial charge >= 0.3 is 0 Å². The predicted octanol–water partition coefficient (Wildman–Crippen LogP) is 3.96. The summed E-state index contributed by atoms with van der Waals surface area (Å²) < 4.78 is 0. The molecule has 0 bridgehead atoms. The Hall–Kier alpha value is -2.34. The number of Topliss-reactive ketones (excluding diaryl/α,β-unsaturated/α-hetero) is 1. The van der Waals surface area contributed by atoms with Gasteiger partial charge in [-0.05, 0) is 37.6 Å². The van der Waals surface area contributed by atoms with Crippen LogP contribution in [0.15, 0.2) is 41.7 Å². The summed E-state index contributed by atoms with van der Waals surface area (Å²) in [5.41, 5.74) is 5.25. The van der Waals surface area contributed by atoms with Crippen molar-refractivity contribution in [3.05, 3.63) is 53.6 Å². The summed E-state index contributed by atoms with van der Waals surface area (Å²) in [6.45, 7) is 4.14. The van der Waals surface area contributed by atoms with Crippen molar-refractivity contribution in [2.45, 2.75) is 38.1 Å². The zero-order valence-corrected chi connectivity index (χ0v) is 15.3. The van der Waals surface area contributed by atoms with E-state index >= 15 is 0 Å². The number of carbonyl (C=O) groups excluding carboxylic acids is 1. The number of nitrogens with one attached hydrogen (secondary N) is 2. The second-order valence-corrected chi connectivity index (χ2v) is 7.01. The molecule has 25 heavy (non-hydrogen) atoms. The Morgan fingerprint density at radius 3 is 2.84 bits per heavy atom. The van der Waals surface area contributed by atoms with Gasteiger partial charge in [-0.1, -0.05) is 25.1 Å². The number of nitrogens with zero attached hydrogens (tertiary/aromatic N) is 2. The maximum Gasteiger partial charge on any atom is 0.149 e. The molecule has 6 heteroatoms. The Bertz CT molecular complexity index is 838. The summed E-state index contributed by atoms with van der Waals surface area (Å²) in [5.74, 6) is 0.617. The van der Waals surface area contributed by atoms with Crippen LogP contribution in [0.5, 0.6) is 0 Å². The van der Waals surface area contributed by atoms with Gasteiger partial charge in [0.25, 0.3) is 0 Å². The van der Waals surface area contributed by atoms with Crippen LogP contribution < -0.4 is 0 Å². The fourth-order valence-electron chi connectivity index (χ4n) is 2.78. The third-order valence-corrected chi connectivity index (χ3v) is 5.01. The quantitative estimate of drug-likeness (QED) is 0.600. The van der Waals surface area contributed by atoms with Crippen LogP contribution >= 0.6 is 11.8 Å². The molecule has 0 aliphatic rings. The van der Waals surface area contributed by atoms with E-state index in [0.717, 1.165) is 40.5 Å². The highest BCUT2D eigenvalue weighted by Crippen LogP contribution is 2.30. The lowest BCUT2D eigenvalue weighted by molar-refractivity contribution is -0.116. The number of rotatable bonds is 8. The molecule has 2 N–H and O–H groups in total. The van der Waals surface area contributed by atoms with E-state index in [9.17, 15) is 4.79 Å². The van der Waals surface area contributed by atoms with Gasteiger partial charge in [0.2, 0.25) is 0 Å². The Labute approximate surface area is 151 Å². The monoisotopic (exact) mass is 354 g/mol. The predicted molar refractivity (Wildman–Crippen MR) is 101 cm³/mol. The lowest BCUT2D eigenvalue weighted by Crippen LogP contribution is -2.06.